The van der Waals surface area contributed by atoms with E-state index in [2.05, 4.69) is 44.0 Å². The van der Waals surface area contributed by atoms with E-state index in [9.17, 15) is 0 Å². The molecule has 0 aliphatic heterocycles. The zero-order chi connectivity index (χ0) is 14.8. The van der Waals surface area contributed by atoms with Gasteiger partial charge < -0.3 is 4.74 Å². The molecule has 0 saturated carbocycles. The van der Waals surface area contributed by atoms with Crippen molar-refractivity contribution in [3.05, 3.63) is 69.1 Å². The van der Waals surface area contributed by atoms with Crippen LogP contribution >= 0.6 is 43.5 Å². The van der Waals surface area contributed by atoms with Gasteiger partial charge in [0, 0.05) is 14.5 Å². The molecule has 3 aromatic rings. The number of alkyl halides is 1. The lowest BCUT2D eigenvalue weighted by Gasteiger charge is -2.11. The van der Waals surface area contributed by atoms with Crippen molar-refractivity contribution in [3.8, 4) is 11.5 Å². The van der Waals surface area contributed by atoms with Gasteiger partial charge in [-0.25, -0.2) is 0 Å². The lowest BCUT2D eigenvalue weighted by Crippen LogP contribution is -1.90. The summed E-state index contributed by atoms with van der Waals surface area (Å²) < 4.78 is 8.03. The Morgan fingerprint density at radius 3 is 2.29 bits per heavy atom. The summed E-state index contributed by atoms with van der Waals surface area (Å²) in [6, 6.07) is 18.1. The molecule has 3 rings (SSSR count). The molecule has 0 spiro atoms. The van der Waals surface area contributed by atoms with Crippen LogP contribution in [0.1, 0.15) is 5.56 Å². The van der Waals surface area contributed by atoms with Crippen molar-refractivity contribution in [1.82, 2.24) is 0 Å². The second kappa shape index (κ2) is 6.39. The first kappa shape index (κ1) is 14.9. The average molecular weight is 427 g/mol. The Labute approximate surface area is 145 Å². The first-order chi connectivity index (χ1) is 10.2. The summed E-state index contributed by atoms with van der Waals surface area (Å²) in [4.78, 5) is 0. The van der Waals surface area contributed by atoms with Crippen molar-refractivity contribution in [1.29, 1.82) is 0 Å². The minimum Gasteiger partial charge on any atom is -0.457 e. The van der Waals surface area contributed by atoms with E-state index in [0.717, 1.165) is 31.4 Å². The Balaban J connectivity index is 1.98. The summed E-state index contributed by atoms with van der Waals surface area (Å²) in [6.07, 6.45) is 0. The van der Waals surface area contributed by atoms with E-state index in [1.807, 2.05) is 42.5 Å². The van der Waals surface area contributed by atoms with E-state index in [1.165, 1.54) is 5.39 Å². The fourth-order valence-electron chi connectivity index (χ4n) is 2.12. The Bertz CT molecular complexity index is 802. The van der Waals surface area contributed by atoms with Gasteiger partial charge in [-0.15, -0.1) is 11.6 Å². The topological polar surface area (TPSA) is 9.23 Å². The molecule has 0 atom stereocenters. The molecular formula is C17H11Br2ClO. The Morgan fingerprint density at radius 2 is 1.48 bits per heavy atom. The van der Waals surface area contributed by atoms with Crippen LogP contribution < -0.4 is 4.74 Å². The highest BCUT2D eigenvalue weighted by Gasteiger charge is 2.06. The lowest BCUT2D eigenvalue weighted by atomic mass is 10.1. The molecule has 0 amide bonds. The van der Waals surface area contributed by atoms with Crippen molar-refractivity contribution in [3.63, 3.8) is 0 Å². The van der Waals surface area contributed by atoms with Gasteiger partial charge in [-0.1, -0.05) is 50.1 Å². The van der Waals surface area contributed by atoms with Crippen LogP contribution in [0.25, 0.3) is 10.8 Å². The molecule has 0 fully saturated rings. The molecule has 0 saturated heterocycles. The highest BCUT2D eigenvalue weighted by Crippen LogP contribution is 2.31. The van der Waals surface area contributed by atoms with Gasteiger partial charge in [0.05, 0.1) is 5.88 Å². The van der Waals surface area contributed by atoms with Crippen molar-refractivity contribution >= 4 is 54.2 Å². The summed E-state index contributed by atoms with van der Waals surface area (Å²) in [7, 11) is 0. The predicted octanol–water partition coefficient (Wildman–Crippen LogP) is 6.90. The highest BCUT2D eigenvalue weighted by atomic mass is 79.9. The summed E-state index contributed by atoms with van der Waals surface area (Å²) >= 11 is 12.9. The smallest absolute Gasteiger partial charge is 0.132 e. The van der Waals surface area contributed by atoms with Crippen molar-refractivity contribution < 1.29 is 4.74 Å². The quantitative estimate of drug-likeness (QED) is 0.414. The van der Waals surface area contributed by atoms with Gasteiger partial charge in [0.25, 0.3) is 0 Å². The van der Waals surface area contributed by atoms with E-state index in [-0.39, 0.29) is 0 Å². The summed E-state index contributed by atoms with van der Waals surface area (Å²) in [6.45, 7) is 0. The van der Waals surface area contributed by atoms with Crippen LogP contribution in [0, 0.1) is 0 Å². The minimum absolute atomic E-state index is 0.420. The number of halogens is 3. The van der Waals surface area contributed by atoms with E-state index in [1.54, 1.807) is 0 Å². The largest absolute Gasteiger partial charge is 0.457 e. The second-order valence-electron chi connectivity index (χ2n) is 4.64. The molecule has 1 nitrogen and oxygen atoms in total. The van der Waals surface area contributed by atoms with Crippen molar-refractivity contribution in [2.24, 2.45) is 0 Å². The average Bonchev–Trinajstić information content (AvgIpc) is 2.48. The maximum Gasteiger partial charge on any atom is 0.132 e. The van der Waals surface area contributed by atoms with Crippen LogP contribution in [0.5, 0.6) is 11.5 Å². The molecule has 0 N–H and O–H groups in total. The van der Waals surface area contributed by atoms with Crippen LogP contribution in [-0.4, -0.2) is 0 Å². The van der Waals surface area contributed by atoms with Crippen molar-refractivity contribution in [2.45, 2.75) is 5.88 Å². The molecule has 0 aliphatic rings. The van der Waals surface area contributed by atoms with Gasteiger partial charge in [0.1, 0.15) is 11.5 Å². The molecule has 0 heterocycles. The molecule has 0 aliphatic carbocycles. The Kier molecular flexibility index (Phi) is 4.53. The normalized spacial score (nSPS) is 10.8. The first-order valence-corrected chi connectivity index (χ1v) is 8.49. The zero-order valence-electron chi connectivity index (χ0n) is 10.9. The van der Waals surface area contributed by atoms with E-state index < -0.39 is 0 Å². The third-order valence-corrected chi connectivity index (χ3v) is 4.45. The van der Waals surface area contributed by atoms with Crippen LogP contribution in [0.4, 0.5) is 0 Å². The molecule has 106 valence electrons. The fraction of sp³-hybridized carbons (Fsp3) is 0.0588. The first-order valence-electron chi connectivity index (χ1n) is 6.37. The minimum atomic E-state index is 0.420. The maximum atomic E-state index is 5.99. The molecule has 0 radical (unpaired) electrons. The third-order valence-electron chi connectivity index (χ3n) is 3.17. The number of benzene rings is 3. The molecular weight excluding hydrogens is 415 g/mol. The molecule has 3 aromatic carbocycles. The number of fused-ring (bicyclic) bond motifs is 1. The van der Waals surface area contributed by atoms with Gasteiger partial charge in [-0.05, 0) is 47.2 Å². The van der Waals surface area contributed by atoms with E-state index in [4.69, 9.17) is 16.3 Å². The molecule has 4 heteroatoms. The molecule has 0 bridgehead atoms. The second-order valence-corrected chi connectivity index (χ2v) is 6.74. The summed E-state index contributed by atoms with van der Waals surface area (Å²) in [5, 5.41) is 2.31. The van der Waals surface area contributed by atoms with Gasteiger partial charge >= 0.3 is 0 Å². The lowest BCUT2D eigenvalue weighted by molar-refractivity contribution is 0.479. The SMILES string of the molecule is ClCc1ccc(Br)cc1Oc1ccc2cc(Br)ccc2c1. The standard InChI is InChI=1S/C17H11Br2ClO/c18-14-4-1-12-8-16(6-3-11(12)7-14)21-17-9-15(19)5-2-13(17)10-20/h1-9H,10H2. The predicted molar refractivity (Wildman–Crippen MR) is 95.4 cm³/mol. The van der Waals surface area contributed by atoms with Crippen LogP contribution in [0.2, 0.25) is 0 Å². The van der Waals surface area contributed by atoms with E-state index >= 15 is 0 Å². The summed E-state index contributed by atoms with van der Waals surface area (Å²) in [5.74, 6) is 1.99. The van der Waals surface area contributed by atoms with Gasteiger partial charge in [0.2, 0.25) is 0 Å². The molecule has 0 unspecified atom stereocenters. The Morgan fingerprint density at radius 1 is 0.810 bits per heavy atom. The zero-order valence-corrected chi connectivity index (χ0v) is 14.9. The number of ether oxygens (including phenoxy) is 1. The molecule has 21 heavy (non-hydrogen) atoms. The van der Waals surface area contributed by atoms with Crippen molar-refractivity contribution in [2.75, 3.05) is 0 Å². The summed E-state index contributed by atoms with van der Waals surface area (Å²) in [5.41, 5.74) is 0.968. The number of hydrogen-bond donors (Lipinski definition) is 0. The number of hydrogen-bond acceptors (Lipinski definition) is 1. The number of rotatable bonds is 3. The van der Waals surface area contributed by atoms with Crippen LogP contribution in [-0.2, 0) is 5.88 Å². The molecule has 0 aromatic heterocycles. The highest BCUT2D eigenvalue weighted by molar-refractivity contribution is 9.10. The maximum absolute atomic E-state index is 5.99. The Hall–Kier alpha value is -1.03. The van der Waals surface area contributed by atoms with Crippen LogP contribution in [0.3, 0.4) is 0 Å². The van der Waals surface area contributed by atoms with Gasteiger partial charge in [0.15, 0.2) is 0 Å². The monoisotopic (exact) mass is 424 g/mol. The van der Waals surface area contributed by atoms with Gasteiger partial charge in [-0.3, -0.25) is 0 Å². The van der Waals surface area contributed by atoms with Crippen LogP contribution in [0.15, 0.2) is 63.5 Å². The fourth-order valence-corrected chi connectivity index (χ4v) is 3.06. The van der Waals surface area contributed by atoms with Gasteiger partial charge in [-0.2, -0.15) is 0 Å². The third kappa shape index (κ3) is 3.42. The van der Waals surface area contributed by atoms with E-state index in [0.29, 0.717) is 5.88 Å².